The third-order valence-electron chi connectivity index (χ3n) is 4.99. The highest BCUT2D eigenvalue weighted by molar-refractivity contribution is 8.00. The Labute approximate surface area is 199 Å². The number of nitrogens with one attached hydrogen (secondary N) is 1. The Morgan fingerprint density at radius 3 is 2.33 bits per heavy atom. The number of amides is 2. The maximum Gasteiger partial charge on any atom is 0.242 e. The molecule has 2 amide bonds. The van der Waals surface area contributed by atoms with E-state index in [9.17, 15) is 9.59 Å². The van der Waals surface area contributed by atoms with E-state index in [0.717, 1.165) is 22.4 Å². The molecule has 0 bridgehead atoms. The maximum atomic E-state index is 13.4. The van der Waals surface area contributed by atoms with E-state index >= 15 is 0 Å². The largest absolute Gasteiger partial charge is 0.370 e. The number of hydrogen-bond acceptors (Lipinski definition) is 5. The average Bonchev–Trinajstić information content (AvgIpc) is 3.10. The van der Waals surface area contributed by atoms with Gasteiger partial charge in [0.2, 0.25) is 11.8 Å². The van der Waals surface area contributed by atoms with Gasteiger partial charge in [-0.15, -0.1) is 10.2 Å². The summed E-state index contributed by atoms with van der Waals surface area (Å²) in [6, 6.07) is 15.6. The van der Waals surface area contributed by atoms with Crippen LogP contribution in [0.3, 0.4) is 0 Å². The summed E-state index contributed by atoms with van der Waals surface area (Å²) in [6.07, 6.45) is 0.622. The van der Waals surface area contributed by atoms with Crippen molar-refractivity contribution in [1.82, 2.24) is 14.8 Å². The number of primary amides is 1. The number of nitrogens with zero attached hydrogens (tertiary/aromatic N) is 3. The first kappa shape index (κ1) is 24.5. The van der Waals surface area contributed by atoms with Gasteiger partial charge in [-0.3, -0.25) is 9.59 Å². The highest BCUT2D eigenvalue weighted by atomic mass is 32.2. The molecule has 8 heteroatoms. The molecule has 0 aliphatic rings. The number of thioether (sulfide) groups is 1. The number of carbonyl (C=O) groups is 2. The first-order valence-electron chi connectivity index (χ1n) is 11.0. The van der Waals surface area contributed by atoms with E-state index in [1.165, 1.54) is 11.8 Å². The van der Waals surface area contributed by atoms with Crippen LogP contribution in [0.25, 0.3) is 0 Å². The fourth-order valence-electron chi connectivity index (χ4n) is 3.64. The van der Waals surface area contributed by atoms with E-state index in [0.29, 0.717) is 29.9 Å². The molecule has 0 radical (unpaired) electrons. The molecule has 174 valence electrons. The molecule has 0 saturated carbocycles. The SMILES string of the molecule is Cc1cc(C)cc(NC(=O)C(Sc2nnc(CCC(N)=O)n2CC(C)C)c2ccccc2)c1. The second kappa shape index (κ2) is 11.1. The van der Waals surface area contributed by atoms with Crippen molar-refractivity contribution in [2.75, 3.05) is 5.32 Å². The molecule has 1 atom stereocenters. The molecule has 1 heterocycles. The number of aryl methyl sites for hydroxylation is 3. The third kappa shape index (κ3) is 6.92. The van der Waals surface area contributed by atoms with Crippen LogP contribution in [0.15, 0.2) is 53.7 Å². The predicted molar refractivity (Wildman–Crippen MR) is 132 cm³/mol. The van der Waals surface area contributed by atoms with Gasteiger partial charge in [-0.2, -0.15) is 0 Å². The lowest BCUT2D eigenvalue weighted by molar-refractivity contribution is -0.118. The summed E-state index contributed by atoms with van der Waals surface area (Å²) in [4.78, 5) is 24.7. The quantitative estimate of drug-likeness (QED) is 0.431. The zero-order chi connectivity index (χ0) is 24.0. The third-order valence-corrected chi connectivity index (χ3v) is 6.22. The van der Waals surface area contributed by atoms with Gasteiger partial charge in [-0.05, 0) is 48.6 Å². The summed E-state index contributed by atoms with van der Waals surface area (Å²) in [6.45, 7) is 8.91. The fraction of sp³-hybridized carbons (Fsp3) is 0.360. The monoisotopic (exact) mass is 465 g/mol. The Bertz CT molecular complexity index is 1090. The molecule has 1 unspecified atom stereocenters. The van der Waals surface area contributed by atoms with Crippen LogP contribution in [0.4, 0.5) is 5.69 Å². The lowest BCUT2D eigenvalue weighted by Gasteiger charge is -2.19. The zero-order valence-corrected chi connectivity index (χ0v) is 20.4. The summed E-state index contributed by atoms with van der Waals surface area (Å²) in [7, 11) is 0. The number of rotatable bonds is 10. The minimum atomic E-state index is -0.522. The molecule has 7 nitrogen and oxygen atoms in total. The van der Waals surface area contributed by atoms with Gasteiger partial charge in [-0.25, -0.2) is 0 Å². The maximum absolute atomic E-state index is 13.4. The molecular formula is C25H31N5O2S. The Morgan fingerprint density at radius 2 is 1.73 bits per heavy atom. The topological polar surface area (TPSA) is 103 Å². The van der Waals surface area contributed by atoms with Crippen molar-refractivity contribution in [3.05, 3.63) is 71.0 Å². The zero-order valence-electron chi connectivity index (χ0n) is 19.5. The number of aromatic nitrogens is 3. The number of carbonyl (C=O) groups excluding carboxylic acids is 2. The summed E-state index contributed by atoms with van der Waals surface area (Å²) < 4.78 is 2.00. The van der Waals surface area contributed by atoms with Gasteiger partial charge in [0.05, 0.1) is 0 Å². The summed E-state index contributed by atoms with van der Waals surface area (Å²) in [5.41, 5.74) is 9.16. The lowest BCUT2D eigenvalue weighted by Crippen LogP contribution is -2.20. The van der Waals surface area contributed by atoms with Crippen molar-refractivity contribution in [2.24, 2.45) is 11.7 Å². The van der Waals surface area contributed by atoms with Crippen LogP contribution in [-0.4, -0.2) is 26.6 Å². The Morgan fingerprint density at radius 1 is 1.06 bits per heavy atom. The van der Waals surface area contributed by atoms with Gasteiger partial charge >= 0.3 is 0 Å². The van der Waals surface area contributed by atoms with Crippen LogP contribution in [-0.2, 0) is 22.6 Å². The summed E-state index contributed by atoms with van der Waals surface area (Å²) in [5, 5.41) is 11.9. The molecule has 3 rings (SSSR count). The molecule has 3 N–H and O–H groups in total. The second-order valence-corrected chi connectivity index (χ2v) is 9.72. The Hall–Kier alpha value is -3.13. The summed E-state index contributed by atoms with van der Waals surface area (Å²) >= 11 is 1.36. The van der Waals surface area contributed by atoms with Gasteiger partial charge in [0.25, 0.3) is 0 Å². The number of benzene rings is 2. The molecule has 0 spiro atoms. The van der Waals surface area contributed by atoms with E-state index in [4.69, 9.17) is 5.73 Å². The van der Waals surface area contributed by atoms with Gasteiger partial charge < -0.3 is 15.6 Å². The predicted octanol–water partition coefficient (Wildman–Crippen LogP) is 4.44. The van der Waals surface area contributed by atoms with Crippen LogP contribution in [0.1, 0.15) is 48.0 Å². The molecule has 2 aromatic carbocycles. The highest BCUT2D eigenvalue weighted by Crippen LogP contribution is 2.36. The van der Waals surface area contributed by atoms with Gasteiger partial charge in [0.1, 0.15) is 11.1 Å². The van der Waals surface area contributed by atoms with Crippen LogP contribution < -0.4 is 11.1 Å². The van der Waals surface area contributed by atoms with Gasteiger partial charge in [0, 0.05) is 25.1 Å². The lowest BCUT2D eigenvalue weighted by atomic mass is 10.1. The molecule has 0 aliphatic carbocycles. The number of anilines is 1. The number of hydrogen-bond donors (Lipinski definition) is 2. The Kier molecular flexibility index (Phi) is 8.27. The van der Waals surface area contributed by atoms with Crippen LogP contribution >= 0.6 is 11.8 Å². The van der Waals surface area contributed by atoms with Crippen molar-refractivity contribution in [3.63, 3.8) is 0 Å². The normalized spacial score (nSPS) is 12.0. The Balaban J connectivity index is 1.92. The van der Waals surface area contributed by atoms with E-state index < -0.39 is 5.25 Å². The first-order valence-corrected chi connectivity index (χ1v) is 11.9. The molecule has 33 heavy (non-hydrogen) atoms. The van der Waals surface area contributed by atoms with Crippen molar-refractivity contribution >= 4 is 29.3 Å². The molecule has 0 fully saturated rings. The fourth-order valence-corrected chi connectivity index (χ4v) is 4.70. The molecule has 0 aliphatic heterocycles. The minimum Gasteiger partial charge on any atom is -0.370 e. The van der Waals surface area contributed by atoms with Crippen molar-refractivity contribution in [1.29, 1.82) is 0 Å². The van der Waals surface area contributed by atoms with E-state index in [-0.39, 0.29) is 18.2 Å². The first-order chi connectivity index (χ1) is 15.7. The van der Waals surface area contributed by atoms with E-state index in [1.807, 2.05) is 60.9 Å². The second-order valence-electron chi connectivity index (χ2n) is 8.64. The minimum absolute atomic E-state index is 0.131. The molecule has 3 aromatic rings. The molecule has 0 saturated heterocycles. The van der Waals surface area contributed by atoms with Crippen LogP contribution in [0, 0.1) is 19.8 Å². The molecular weight excluding hydrogens is 434 g/mol. The standard InChI is InChI=1S/C25H31N5O2S/c1-16(2)15-30-22(11-10-21(26)31)28-29-25(30)33-23(19-8-6-5-7-9-19)24(32)27-20-13-17(3)12-18(4)14-20/h5-9,12-14,16,23H,10-11,15H2,1-4H3,(H2,26,31)(H,27,32). The van der Waals surface area contributed by atoms with Gasteiger partial charge in [0.15, 0.2) is 5.16 Å². The van der Waals surface area contributed by atoms with Crippen LogP contribution in [0.5, 0.6) is 0 Å². The van der Waals surface area contributed by atoms with Gasteiger partial charge in [-0.1, -0.05) is 62.0 Å². The van der Waals surface area contributed by atoms with Crippen molar-refractivity contribution in [2.45, 2.75) is 57.5 Å². The number of nitrogens with two attached hydrogens (primary N) is 1. The van der Waals surface area contributed by atoms with Crippen molar-refractivity contribution in [3.8, 4) is 0 Å². The highest BCUT2D eigenvalue weighted by Gasteiger charge is 2.26. The van der Waals surface area contributed by atoms with E-state index in [2.05, 4.69) is 35.4 Å². The smallest absolute Gasteiger partial charge is 0.242 e. The van der Waals surface area contributed by atoms with Crippen molar-refractivity contribution < 1.29 is 9.59 Å². The average molecular weight is 466 g/mol. The summed E-state index contributed by atoms with van der Waals surface area (Å²) in [5.74, 6) is 0.533. The van der Waals surface area contributed by atoms with Crippen LogP contribution in [0.2, 0.25) is 0 Å². The molecule has 1 aromatic heterocycles. The van der Waals surface area contributed by atoms with E-state index in [1.54, 1.807) is 0 Å².